The number of carbonyl (C=O) groups excluding carboxylic acids is 1. The Morgan fingerprint density at radius 1 is 1.40 bits per heavy atom. The van der Waals surface area contributed by atoms with Crippen LogP contribution in [-0.4, -0.2) is 24.2 Å². The average molecular weight is 408 g/mol. The molecule has 2 heterocycles. The number of hydrogen-bond acceptors (Lipinski definition) is 3. The predicted octanol–water partition coefficient (Wildman–Crippen LogP) is 5.19. The summed E-state index contributed by atoms with van der Waals surface area (Å²) in [6, 6.07) is 4.45. The zero-order valence-electron chi connectivity index (χ0n) is 15.4. The summed E-state index contributed by atoms with van der Waals surface area (Å²) in [4.78, 5) is 15.7. The first-order chi connectivity index (χ1) is 11.9. The van der Waals surface area contributed by atoms with Crippen LogP contribution in [0.25, 0.3) is 10.9 Å². The number of carbonyl (C=O) groups is 1. The largest absolute Gasteiger partial charge is 0.466 e. The van der Waals surface area contributed by atoms with Gasteiger partial charge in [0.2, 0.25) is 0 Å². The van der Waals surface area contributed by atoms with E-state index in [-0.39, 0.29) is 12.4 Å². The quantitative estimate of drug-likeness (QED) is 0.694. The molecule has 1 N–H and O–H groups in total. The summed E-state index contributed by atoms with van der Waals surface area (Å²) in [5.74, 6) is 0.249. The molecular weight excluding hydrogens is 382 g/mol. The van der Waals surface area contributed by atoms with Crippen LogP contribution in [0.15, 0.2) is 16.6 Å². The third-order valence-electron chi connectivity index (χ3n) is 5.15. The Kier molecular flexibility index (Phi) is 5.26. The standard InChI is InChI=1S/C20H26BrNO3/c1-5-20(11-17(23)24-6-2)19-14(7-8-25-20)15-9-13(12(3)4)10-16(21)18(15)22-19/h9-10,12,22H,5-8,11H2,1-4H3. The van der Waals surface area contributed by atoms with Crippen LogP contribution in [0, 0.1) is 0 Å². The van der Waals surface area contributed by atoms with Gasteiger partial charge in [-0.15, -0.1) is 0 Å². The zero-order chi connectivity index (χ0) is 18.2. The summed E-state index contributed by atoms with van der Waals surface area (Å²) in [7, 11) is 0. The van der Waals surface area contributed by atoms with Crippen molar-refractivity contribution >= 4 is 32.8 Å². The number of fused-ring (bicyclic) bond motifs is 3. The van der Waals surface area contributed by atoms with Crippen LogP contribution in [0.1, 0.15) is 63.3 Å². The molecule has 0 saturated heterocycles. The van der Waals surface area contributed by atoms with Crippen molar-refractivity contribution in [3.05, 3.63) is 33.4 Å². The molecule has 2 aromatic rings. The van der Waals surface area contributed by atoms with Crippen molar-refractivity contribution in [3.63, 3.8) is 0 Å². The van der Waals surface area contributed by atoms with E-state index in [0.717, 1.165) is 28.5 Å². The number of halogens is 1. The van der Waals surface area contributed by atoms with Gasteiger partial charge in [-0.25, -0.2) is 0 Å². The fourth-order valence-corrected chi connectivity index (χ4v) is 4.30. The number of nitrogens with one attached hydrogen (secondary N) is 1. The van der Waals surface area contributed by atoms with Gasteiger partial charge in [-0.2, -0.15) is 0 Å². The molecule has 1 aliphatic heterocycles. The molecule has 4 nitrogen and oxygen atoms in total. The van der Waals surface area contributed by atoms with Crippen LogP contribution in [0.4, 0.5) is 0 Å². The number of esters is 1. The lowest BCUT2D eigenvalue weighted by molar-refractivity contribution is -0.154. The molecule has 0 amide bonds. The van der Waals surface area contributed by atoms with Gasteiger partial charge in [0.15, 0.2) is 0 Å². The number of ether oxygens (including phenoxy) is 2. The Morgan fingerprint density at radius 3 is 2.80 bits per heavy atom. The molecule has 0 fully saturated rings. The van der Waals surface area contributed by atoms with Crippen LogP contribution in [0.2, 0.25) is 0 Å². The monoisotopic (exact) mass is 407 g/mol. The van der Waals surface area contributed by atoms with Crippen molar-refractivity contribution in [1.29, 1.82) is 0 Å². The smallest absolute Gasteiger partial charge is 0.309 e. The summed E-state index contributed by atoms with van der Waals surface area (Å²) >= 11 is 3.71. The lowest BCUT2D eigenvalue weighted by atomic mass is 9.86. The Hall–Kier alpha value is -1.33. The van der Waals surface area contributed by atoms with E-state index in [1.165, 1.54) is 16.5 Å². The number of benzene rings is 1. The molecule has 25 heavy (non-hydrogen) atoms. The summed E-state index contributed by atoms with van der Waals surface area (Å²) < 4.78 is 12.4. The number of aromatic amines is 1. The van der Waals surface area contributed by atoms with Crippen LogP contribution in [0.5, 0.6) is 0 Å². The molecule has 3 rings (SSSR count). The first-order valence-electron chi connectivity index (χ1n) is 9.06. The molecule has 1 unspecified atom stereocenters. The maximum atomic E-state index is 12.2. The van der Waals surface area contributed by atoms with Crippen molar-refractivity contribution in [1.82, 2.24) is 4.98 Å². The second-order valence-electron chi connectivity index (χ2n) is 6.99. The van der Waals surface area contributed by atoms with Crippen LogP contribution in [-0.2, 0) is 26.3 Å². The summed E-state index contributed by atoms with van der Waals surface area (Å²) in [5, 5.41) is 1.23. The number of hydrogen-bond donors (Lipinski definition) is 1. The van der Waals surface area contributed by atoms with Gasteiger partial charge in [-0.3, -0.25) is 4.79 Å². The number of rotatable bonds is 5. The van der Waals surface area contributed by atoms with Crippen molar-refractivity contribution in [2.24, 2.45) is 0 Å². The summed E-state index contributed by atoms with van der Waals surface area (Å²) in [6.45, 7) is 9.31. The first-order valence-corrected chi connectivity index (χ1v) is 9.85. The van der Waals surface area contributed by atoms with Crippen LogP contribution in [0.3, 0.4) is 0 Å². The van der Waals surface area contributed by atoms with Gasteiger partial charge in [-0.05, 0) is 64.9 Å². The molecule has 1 atom stereocenters. The minimum atomic E-state index is -0.629. The van der Waals surface area contributed by atoms with Gasteiger partial charge in [0, 0.05) is 9.86 Å². The fraction of sp³-hybridized carbons (Fsp3) is 0.550. The Balaban J connectivity index is 2.15. The Labute approximate surface area is 157 Å². The van der Waals surface area contributed by atoms with E-state index >= 15 is 0 Å². The molecule has 136 valence electrons. The SMILES string of the molecule is CCOC(=O)CC1(CC)OCCc2c1[nH]c1c(Br)cc(C(C)C)cc21. The summed E-state index contributed by atoms with van der Waals surface area (Å²) in [5.41, 5.74) is 4.07. The molecule has 0 bridgehead atoms. The van der Waals surface area contributed by atoms with E-state index in [0.29, 0.717) is 19.1 Å². The molecular formula is C20H26BrNO3. The van der Waals surface area contributed by atoms with Gasteiger partial charge in [0.05, 0.1) is 30.8 Å². The van der Waals surface area contributed by atoms with Gasteiger partial charge >= 0.3 is 5.97 Å². The molecule has 0 saturated carbocycles. The topological polar surface area (TPSA) is 51.3 Å². The second-order valence-corrected chi connectivity index (χ2v) is 7.84. The average Bonchev–Trinajstić information content (AvgIpc) is 2.96. The second kappa shape index (κ2) is 7.12. The van der Waals surface area contributed by atoms with Gasteiger partial charge in [0.1, 0.15) is 5.60 Å². The van der Waals surface area contributed by atoms with E-state index in [2.05, 4.69) is 53.8 Å². The molecule has 1 aromatic carbocycles. The van der Waals surface area contributed by atoms with Crippen molar-refractivity contribution in [2.75, 3.05) is 13.2 Å². The van der Waals surface area contributed by atoms with Crippen LogP contribution < -0.4 is 0 Å². The van der Waals surface area contributed by atoms with E-state index in [9.17, 15) is 4.79 Å². The third kappa shape index (κ3) is 3.24. The highest BCUT2D eigenvalue weighted by Crippen LogP contribution is 2.43. The Bertz CT molecular complexity index is 796. The maximum absolute atomic E-state index is 12.2. The molecule has 1 aliphatic rings. The van der Waals surface area contributed by atoms with Gasteiger partial charge < -0.3 is 14.5 Å². The highest BCUT2D eigenvalue weighted by Gasteiger charge is 2.41. The van der Waals surface area contributed by atoms with Crippen molar-refractivity contribution < 1.29 is 14.3 Å². The molecule has 0 aliphatic carbocycles. The minimum Gasteiger partial charge on any atom is -0.466 e. The highest BCUT2D eigenvalue weighted by atomic mass is 79.9. The van der Waals surface area contributed by atoms with E-state index in [4.69, 9.17) is 9.47 Å². The predicted molar refractivity (Wildman–Crippen MR) is 103 cm³/mol. The summed E-state index contributed by atoms with van der Waals surface area (Å²) in [6.07, 6.45) is 1.82. The van der Waals surface area contributed by atoms with E-state index in [1.54, 1.807) is 0 Å². The van der Waals surface area contributed by atoms with Gasteiger partial charge in [-0.1, -0.05) is 20.8 Å². The highest BCUT2D eigenvalue weighted by molar-refractivity contribution is 9.10. The van der Waals surface area contributed by atoms with Crippen molar-refractivity contribution in [2.45, 2.75) is 58.5 Å². The number of H-pyrrole nitrogens is 1. The van der Waals surface area contributed by atoms with Crippen LogP contribution >= 0.6 is 15.9 Å². The molecule has 5 heteroatoms. The Morgan fingerprint density at radius 2 is 2.16 bits per heavy atom. The van der Waals surface area contributed by atoms with E-state index < -0.39 is 5.60 Å². The fourth-order valence-electron chi connectivity index (χ4n) is 3.72. The third-order valence-corrected chi connectivity index (χ3v) is 5.77. The normalized spacial score (nSPS) is 20.1. The van der Waals surface area contributed by atoms with E-state index in [1.807, 2.05) is 6.92 Å². The van der Waals surface area contributed by atoms with Gasteiger partial charge in [0.25, 0.3) is 0 Å². The number of aromatic nitrogens is 1. The zero-order valence-corrected chi connectivity index (χ0v) is 17.0. The maximum Gasteiger partial charge on any atom is 0.309 e. The molecule has 0 radical (unpaired) electrons. The first kappa shape index (κ1) is 18.5. The lowest BCUT2D eigenvalue weighted by Crippen LogP contribution is -2.37. The molecule has 0 spiro atoms. The van der Waals surface area contributed by atoms with Crippen molar-refractivity contribution in [3.8, 4) is 0 Å². The lowest BCUT2D eigenvalue weighted by Gasteiger charge is -2.36. The minimum absolute atomic E-state index is 0.210. The molecule has 1 aromatic heterocycles.